The number of carbonyl (C=O) groups excluding carboxylic acids is 3. The Hall–Kier alpha value is -1.89. The molecule has 1 rings (SSSR count). The van der Waals surface area contributed by atoms with Crippen LogP contribution in [0.25, 0.3) is 0 Å². The number of esters is 1. The number of halogens is 1. The van der Waals surface area contributed by atoms with Crippen molar-refractivity contribution in [3.8, 4) is 0 Å². The standard InChI is InChI=1S/C14H17BrN2O4/c1-9(2)17-12(18)8-21-13(19)7-16-14(20)10-3-5-11(15)6-4-10/h3-6,9H,7-8H2,1-2H3,(H,16,20)(H,17,18). The molecular formula is C14H17BrN2O4. The van der Waals surface area contributed by atoms with Crippen LogP contribution in [0.1, 0.15) is 24.2 Å². The predicted octanol–water partition coefficient (Wildman–Crippen LogP) is 1.25. The molecule has 21 heavy (non-hydrogen) atoms. The van der Waals surface area contributed by atoms with Crippen LogP contribution in [0.15, 0.2) is 28.7 Å². The van der Waals surface area contributed by atoms with Gasteiger partial charge in [0.2, 0.25) is 0 Å². The Balaban J connectivity index is 2.31. The van der Waals surface area contributed by atoms with Gasteiger partial charge in [-0.25, -0.2) is 0 Å². The molecule has 0 spiro atoms. The summed E-state index contributed by atoms with van der Waals surface area (Å²) in [6.07, 6.45) is 0. The molecule has 2 amide bonds. The van der Waals surface area contributed by atoms with Crippen molar-refractivity contribution < 1.29 is 19.1 Å². The van der Waals surface area contributed by atoms with E-state index in [4.69, 9.17) is 4.74 Å². The lowest BCUT2D eigenvalue weighted by atomic mass is 10.2. The molecule has 7 heteroatoms. The van der Waals surface area contributed by atoms with Gasteiger partial charge >= 0.3 is 5.97 Å². The maximum atomic E-state index is 11.7. The number of carbonyl (C=O) groups is 3. The third-order valence-corrected chi connectivity index (χ3v) is 2.84. The highest BCUT2D eigenvalue weighted by molar-refractivity contribution is 9.10. The zero-order valence-electron chi connectivity index (χ0n) is 11.8. The summed E-state index contributed by atoms with van der Waals surface area (Å²) >= 11 is 3.26. The fourth-order valence-corrected chi connectivity index (χ4v) is 1.68. The molecule has 0 radical (unpaired) electrons. The van der Waals surface area contributed by atoms with Gasteiger partial charge < -0.3 is 15.4 Å². The van der Waals surface area contributed by atoms with Gasteiger partial charge in [-0.2, -0.15) is 0 Å². The molecule has 0 aliphatic heterocycles. The molecule has 0 saturated heterocycles. The third kappa shape index (κ3) is 6.89. The molecule has 1 aromatic rings. The normalized spacial score (nSPS) is 10.1. The van der Waals surface area contributed by atoms with Crippen molar-refractivity contribution in [3.63, 3.8) is 0 Å². The van der Waals surface area contributed by atoms with Gasteiger partial charge in [-0.15, -0.1) is 0 Å². The first-order valence-corrected chi connectivity index (χ1v) is 7.16. The Labute approximate surface area is 131 Å². The van der Waals surface area contributed by atoms with Crippen LogP contribution in [0.4, 0.5) is 0 Å². The van der Waals surface area contributed by atoms with E-state index in [1.807, 2.05) is 0 Å². The lowest BCUT2D eigenvalue weighted by molar-refractivity contribution is -0.147. The van der Waals surface area contributed by atoms with Gasteiger partial charge in [0.15, 0.2) is 6.61 Å². The molecule has 1 aromatic carbocycles. The van der Waals surface area contributed by atoms with Gasteiger partial charge in [-0.3, -0.25) is 14.4 Å². The molecule has 6 nitrogen and oxygen atoms in total. The van der Waals surface area contributed by atoms with Crippen LogP contribution < -0.4 is 10.6 Å². The number of hydrogen-bond donors (Lipinski definition) is 2. The van der Waals surface area contributed by atoms with E-state index in [0.717, 1.165) is 4.47 Å². The minimum Gasteiger partial charge on any atom is -0.454 e. The van der Waals surface area contributed by atoms with Crippen molar-refractivity contribution in [3.05, 3.63) is 34.3 Å². The molecule has 0 saturated carbocycles. The van der Waals surface area contributed by atoms with E-state index < -0.39 is 5.97 Å². The second-order valence-electron chi connectivity index (χ2n) is 4.57. The van der Waals surface area contributed by atoms with Gasteiger partial charge in [0.05, 0.1) is 0 Å². The largest absolute Gasteiger partial charge is 0.454 e. The minimum atomic E-state index is -0.667. The summed E-state index contributed by atoms with van der Waals surface area (Å²) in [4.78, 5) is 34.4. The first-order chi connectivity index (χ1) is 9.88. The van der Waals surface area contributed by atoms with Crippen LogP contribution in [0, 0.1) is 0 Å². The predicted molar refractivity (Wildman–Crippen MR) is 80.7 cm³/mol. The molecule has 0 bridgehead atoms. The van der Waals surface area contributed by atoms with Crippen molar-refractivity contribution in [1.82, 2.24) is 10.6 Å². The summed E-state index contributed by atoms with van der Waals surface area (Å²) in [5.74, 6) is -1.43. The molecule has 0 heterocycles. The minimum absolute atomic E-state index is 0.0201. The summed E-state index contributed by atoms with van der Waals surface area (Å²) in [6, 6.07) is 6.68. The Kier molecular flexibility index (Phi) is 6.87. The first-order valence-electron chi connectivity index (χ1n) is 6.37. The molecule has 0 aliphatic rings. The Bertz CT molecular complexity index is 514. The van der Waals surface area contributed by atoms with Crippen LogP contribution in [0.3, 0.4) is 0 Å². The number of ether oxygens (including phenoxy) is 1. The van der Waals surface area contributed by atoms with E-state index in [9.17, 15) is 14.4 Å². The van der Waals surface area contributed by atoms with Gasteiger partial charge in [0, 0.05) is 16.1 Å². The third-order valence-electron chi connectivity index (χ3n) is 2.31. The van der Waals surface area contributed by atoms with Crippen molar-refractivity contribution >= 4 is 33.7 Å². The monoisotopic (exact) mass is 356 g/mol. The fourth-order valence-electron chi connectivity index (χ4n) is 1.42. The van der Waals surface area contributed by atoms with Crippen molar-refractivity contribution in [2.75, 3.05) is 13.2 Å². The summed E-state index contributed by atoms with van der Waals surface area (Å²) in [5, 5.41) is 5.01. The van der Waals surface area contributed by atoms with E-state index in [2.05, 4.69) is 26.6 Å². The van der Waals surface area contributed by atoms with Crippen molar-refractivity contribution in [1.29, 1.82) is 0 Å². The number of rotatable bonds is 6. The van der Waals surface area contributed by atoms with E-state index >= 15 is 0 Å². The first kappa shape index (κ1) is 17.2. The van der Waals surface area contributed by atoms with E-state index in [-0.39, 0.29) is 31.0 Å². The SMILES string of the molecule is CC(C)NC(=O)COC(=O)CNC(=O)c1ccc(Br)cc1. The second-order valence-corrected chi connectivity index (χ2v) is 5.49. The summed E-state index contributed by atoms with van der Waals surface area (Å²) in [6.45, 7) is 2.96. The molecule has 0 atom stereocenters. The lowest BCUT2D eigenvalue weighted by Crippen LogP contribution is -2.36. The molecular weight excluding hydrogens is 340 g/mol. The highest BCUT2D eigenvalue weighted by atomic mass is 79.9. The van der Waals surface area contributed by atoms with Crippen LogP contribution in [-0.4, -0.2) is 37.0 Å². The van der Waals surface area contributed by atoms with Crippen molar-refractivity contribution in [2.24, 2.45) is 0 Å². The number of nitrogens with one attached hydrogen (secondary N) is 2. The summed E-state index contributed by atoms with van der Waals surface area (Å²) in [5.41, 5.74) is 0.434. The van der Waals surface area contributed by atoms with Crippen LogP contribution >= 0.6 is 15.9 Å². The molecule has 0 fully saturated rings. The van der Waals surface area contributed by atoms with Crippen LogP contribution in [0.5, 0.6) is 0 Å². The van der Waals surface area contributed by atoms with E-state index in [0.29, 0.717) is 5.56 Å². The topological polar surface area (TPSA) is 84.5 Å². The van der Waals surface area contributed by atoms with Gasteiger partial charge in [0.1, 0.15) is 6.54 Å². The number of benzene rings is 1. The zero-order valence-corrected chi connectivity index (χ0v) is 13.4. The highest BCUT2D eigenvalue weighted by Gasteiger charge is 2.11. The van der Waals surface area contributed by atoms with E-state index in [1.54, 1.807) is 38.1 Å². The second kappa shape index (κ2) is 8.41. The Morgan fingerprint density at radius 2 is 1.81 bits per heavy atom. The van der Waals surface area contributed by atoms with E-state index in [1.165, 1.54) is 0 Å². The zero-order chi connectivity index (χ0) is 15.8. The summed E-state index contributed by atoms with van der Waals surface area (Å²) in [7, 11) is 0. The van der Waals surface area contributed by atoms with Crippen LogP contribution in [0.2, 0.25) is 0 Å². The number of hydrogen-bond acceptors (Lipinski definition) is 4. The molecule has 2 N–H and O–H groups in total. The average Bonchev–Trinajstić information content (AvgIpc) is 2.42. The Morgan fingerprint density at radius 3 is 2.38 bits per heavy atom. The lowest BCUT2D eigenvalue weighted by Gasteiger charge is -2.09. The van der Waals surface area contributed by atoms with Crippen molar-refractivity contribution in [2.45, 2.75) is 19.9 Å². The Morgan fingerprint density at radius 1 is 1.19 bits per heavy atom. The molecule has 0 aromatic heterocycles. The molecule has 0 unspecified atom stereocenters. The number of amides is 2. The smallest absolute Gasteiger partial charge is 0.325 e. The van der Waals surface area contributed by atoms with Gasteiger partial charge in [0.25, 0.3) is 11.8 Å². The quantitative estimate of drug-likeness (QED) is 0.751. The molecule has 0 aliphatic carbocycles. The maximum absolute atomic E-state index is 11.7. The molecule has 114 valence electrons. The van der Waals surface area contributed by atoms with Gasteiger partial charge in [-0.05, 0) is 38.1 Å². The highest BCUT2D eigenvalue weighted by Crippen LogP contribution is 2.10. The van der Waals surface area contributed by atoms with Crippen LogP contribution in [-0.2, 0) is 14.3 Å². The average molecular weight is 357 g/mol. The fraction of sp³-hybridized carbons (Fsp3) is 0.357. The van der Waals surface area contributed by atoms with Gasteiger partial charge in [-0.1, -0.05) is 15.9 Å². The maximum Gasteiger partial charge on any atom is 0.325 e. The summed E-state index contributed by atoms with van der Waals surface area (Å²) < 4.78 is 5.59.